The van der Waals surface area contributed by atoms with E-state index in [0.717, 1.165) is 23.3 Å². The standard InChI is InChI=1S/C21H29N3O5/c1-13(2)5-6-14(3)22-18(25)11-24-19(26)21(4,23-20(24)27)10-15-7-8-16-17(9-15)29-12-28-16/h7-9,13-14H,5-6,10-12H2,1-4H3,(H,22,25)(H,23,27)/t14-,21-/m1/s1. The predicted molar refractivity (Wildman–Crippen MR) is 107 cm³/mol. The Morgan fingerprint density at radius 1 is 1.21 bits per heavy atom. The maximum Gasteiger partial charge on any atom is 0.325 e. The highest BCUT2D eigenvalue weighted by atomic mass is 16.7. The molecule has 0 saturated carbocycles. The summed E-state index contributed by atoms with van der Waals surface area (Å²) < 4.78 is 10.7. The Morgan fingerprint density at radius 3 is 2.66 bits per heavy atom. The number of carbonyl (C=O) groups excluding carboxylic acids is 3. The van der Waals surface area contributed by atoms with Crippen molar-refractivity contribution in [1.82, 2.24) is 15.5 Å². The molecule has 158 valence electrons. The van der Waals surface area contributed by atoms with Gasteiger partial charge in [-0.15, -0.1) is 0 Å². The molecular formula is C21H29N3O5. The van der Waals surface area contributed by atoms with Gasteiger partial charge in [-0.25, -0.2) is 4.79 Å². The van der Waals surface area contributed by atoms with Crippen LogP contribution in [0, 0.1) is 5.92 Å². The summed E-state index contributed by atoms with van der Waals surface area (Å²) in [6.45, 7) is 7.74. The van der Waals surface area contributed by atoms with Crippen molar-refractivity contribution in [2.24, 2.45) is 5.92 Å². The number of imide groups is 1. The zero-order valence-corrected chi connectivity index (χ0v) is 17.4. The van der Waals surface area contributed by atoms with E-state index in [0.29, 0.717) is 17.4 Å². The SMILES string of the molecule is CC(C)CC[C@@H](C)NC(=O)CN1C(=O)N[C@](C)(Cc2ccc3c(c2)OCO3)C1=O. The van der Waals surface area contributed by atoms with Gasteiger partial charge in [0, 0.05) is 12.5 Å². The van der Waals surface area contributed by atoms with Crippen LogP contribution in [0.4, 0.5) is 4.79 Å². The molecule has 2 atom stereocenters. The minimum atomic E-state index is -1.12. The number of urea groups is 1. The second-order valence-electron chi connectivity index (χ2n) is 8.46. The van der Waals surface area contributed by atoms with E-state index in [1.165, 1.54) is 0 Å². The highest BCUT2D eigenvalue weighted by molar-refractivity contribution is 6.08. The van der Waals surface area contributed by atoms with Gasteiger partial charge in [0.05, 0.1) is 0 Å². The van der Waals surface area contributed by atoms with Crippen LogP contribution in [0.3, 0.4) is 0 Å². The van der Waals surface area contributed by atoms with Crippen LogP contribution in [-0.2, 0) is 16.0 Å². The van der Waals surface area contributed by atoms with E-state index in [2.05, 4.69) is 24.5 Å². The Hall–Kier alpha value is -2.77. The van der Waals surface area contributed by atoms with Gasteiger partial charge >= 0.3 is 6.03 Å². The summed E-state index contributed by atoms with van der Waals surface area (Å²) >= 11 is 0. The van der Waals surface area contributed by atoms with Crippen LogP contribution in [-0.4, -0.2) is 47.7 Å². The molecule has 0 aliphatic carbocycles. The van der Waals surface area contributed by atoms with Gasteiger partial charge in [0.25, 0.3) is 5.91 Å². The maximum absolute atomic E-state index is 12.9. The second-order valence-corrected chi connectivity index (χ2v) is 8.46. The number of rotatable bonds is 8. The van der Waals surface area contributed by atoms with Crippen LogP contribution in [0.25, 0.3) is 0 Å². The molecular weight excluding hydrogens is 374 g/mol. The number of hydrogen-bond donors (Lipinski definition) is 2. The highest BCUT2D eigenvalue weighted by Crippen LogP contribution is 2.34. The van der Waals surface area contributed by atoms with Crippen LogP contribution in [0.1, 0.15) is 46.1 Å². The van der Waals surface area contributed by atoms with Crippen LogP contribution >= 0.6 is 0 Å². The number of nitrogens with one attached hydrogen (secondary N) is 2. The van der Waals surface area contributed by atoms with E-state index in [4.69, 9.17) is 9.47 Å². The Bertz CT molecular complexity index is 810. The number of carbonyl (C=O) groups is 3. The molecule has 2 heterocycles. The fraction of sp³-hybridized carbons (Fsp3) is 0.571. The molecule has 1 saturated heterocycles. The fourth-order valence-corrected chi connectivity index (χ4v) is 3.59. The van der Waals surface area contributed by atoms with Crippen molar-refractivity contribution >= 4 is 17.8 Å². The van der Waals surface area contributed by atoms with Crippen LogP contribution < -0.4 is 20.1 Å². The molecule has 3 rings (SSSR count). The number of ether oxygens (including phenoxy) is 2. The molecule has 0 aromatic heterocycles. The molecule has 0 radical (unpaired) electrons. The quantitative estimate of drug-likeness (QED) is 0.649. The summed E-state index contributed by atoms with van der Waals surface area (Å²) in [6.07, 6.45) is 2.14. The molecule has 8 heteroatoms. The summed E-state index contributed by atoms with van der Waals surface area (Å²) in [6, 6.07) is 4.86. The Morgan fingerprint density at radius 2 is 1.93 bits per heavy atom. The predicted octanol–water partition coefficient (Wildman–Crippen LogP) is 2.21. The zero-order chi connectivity index (χ0) is 21.2. The summed E-state index contributed by atoms with van der Waals surface area (Å²) in [5, 5.41) is 5.60. The molecule has 0 bridgehead atoms. The minimum absolute atomic E-state index is 0.00863. The van der Waals surface area contributed by atoms with Crippen LogP contribution in [0.5, 0.6) is 11.5 Å². The normalized spacial score (nSPS) is 21.5. The molecule has 4 amide bonds. The molecule has 2 aliphatic heterocycles. The van der Waals surface area contributed by atoms with Crippen LogP contribution in [0.15, 0.2) is 18.2 Å². The molecule has 0 spiro atoms. The Kier molecular flexibility index (Phi) is 6.00. The van der Waals surface area contributed by atoms with E-state index >= 15 is 0 Å². The number of amides is 4. The average molecular weight is 403 g/mol. The second kappa shape index (κ2) is 8.31. The third-order valence-corrected chi connectivity index (χ3v) is 5.23. The number of hydrogen-bond acceptors (Lipinski definition) is 5. The summed E-state index contributed by atoms with van der Waals surface area (Å²) in [5.74, 6) is 1.08. The van der Waals surface area contributed by atoms with Crippen molar-refractivity contribution in [2.75, 3.05) is 13.3 Å². The Labute approximate surface area is 170 Å². The third kappa shape index (κ3) is 4.81. The molecule has 2 aliphatic rings. The van der Waals surface area contributed by atoms with Gasteiger partial charge < -0.3 is 20.1 Å². The highest BCUT2D eigenvalue weighted by Gasteiger charge is 2.48. The molecule has 0 unspecified atom stereocenters. The van der Waals surface area contributed by atoms with E-state index < -0.39 is 17.5 Å². The molecule has 1 aromatic carbocycles. The van der Waals surface area contributed by atoms with Gasteiger partial charge in [-0.1, -0.05) is 19.9 Å². The summed E-state index contributed by atoms with van der Waals surface area (Å²) in [7, 11) is 0. The summed E-state index contributed by atoms with van der Waals surface area (Å²) in [4.78, 5) is 38.6. The smallest absolute Gasteiger partial charge is 0.325 e. The lowest BCUT2D eigenvalue weighted by Gasteiger charge is -2.22. The number of benzene rings is 1. The lowest BCUT2D eigenvalue weighted by atomic mass is 9.92. The first-order valence-corrected chi connectivity index (χ1v) is 10.00. The number of nitrogens with zero attached hydrogens (tertiary/aromatic N) is 1. The first-order chi connectivity index (χ1) is 13.7. The van der Waals surface area contributed by atoms with Gasteiger partial charge in [0.15, 0.2) is 11.5 Å². The molecule has 1 aromatic rings. The van der Waals surface area contributed by atoms with E-state index in [9.17, 15) is 14.4 Å². The van der Waals surface area contributed by atoms with Crippen molar-refractivity contribution in [3.63, 3.8) is 0 Å². The molecule has 8 nitrogen and oxygen atoms in total. The minimum Gasteiger partial charge on any atom is -0.454 e. The monoisotopic (exact) mass is 403 g/mol. The first kappa shape index (κ1) is 21.0. The van der Waals surface area contributed by atoms with Gasteiger partial charge in [0.2, 0.25) is 12.7 Å². The zero-order valence-electron chi connectivity index (χ0n) is 17.4. The summed E-state index contributed by atoms with van der Waals surface area (Å²) in [5.41, 5.74) is -0.284. The van der Waals surface area contributed by atoms with Crippen molar-refractivity contribution in [3.05, 3.63) is 23.8 Å². The van der Waals surface area contributed by atoms with E-state index in [1.54, 1.807) is 19.1 Å². The average Bonchev–Trinajstić information content (AvgIpc) is 3.18. The lowest BCUT2D eigenvalue weighted by Crippen LogP contribution is -2.47. The van der Waals surface area contributed by atoms with Crippen molar-refractivity contribution < 1.29 is 23.9 Å². The Balaban J connectivity index is 1.60. The topological polar surface area (TPSA) is 97.0 Å². The van der Waals surface area contributed by atoms with E-state index in [-0.39, 0.29) is 31.7 Å². The van der Waals surface area contributed by atoms with Crippen molar-refractivity contribution in [2.45, 2.75) is 58.5 Å². The molecule has 29 heavy (non-hydrogen) atoms. The van der Waals surface area contributed by atoms with Gasteiger partial charge in [-0.2, -0.15) is 0 Å². The van der Waals surface area contributed by atoms with Gasteiger partial charge in [-0.05, 0) is 50.3 Å². The lowest BCUT2D eigenvalue weighted by molar-refractivity contribution is -0.134. The third-order valence-electron chi connectivity index (χ3n) is 5.23. The molecule has 2 N–H and O–H groups in total. The van der Waals surface area contributed by atoms with Crippen molar-refractivity contribution in [1.29, 1.82) is 0 Å². The first-order valence-electron chi connectivity index (χ1n) is 10.00. The fourth-order valence-electron chi connectivity index (χ4n) is 3.59. The van der Waals surface area contributed by atoms with Gasteiger partial charge in [0.1, 0.15) is 12.1 Å². The number of fused-ring (bicyclic) bond motifs is 1. The van der Waals surface area contributed by atoms with E-state index in [1.807, 2.05) is 13.0 Å². The molecule has 1 fully saturated rings. The maximum atomic E-state index is 12.9. The van der Waals surface area contributed by atoms with Crippen LogP contribution in [0.2, 0.25) is 0 Å². The van der Waals surface area contributed by atoms with Crippen molar-refractivity contribution in [3.8, 4) is 11.5 Å². The van der Waals surface area contributed by atoms with Gasteiger partial charge in [-0.3, -0.25) is 14.5 Å². The largest absolute Gasteiger partial charge is 0.454 e.